The molecule has 0 spiro atoms. The van der Waals surface area contributed by atoms with Gasteiger partial charge in [0.15, 0.2) is 0 Å². The van der Waals surface area contributed by atoms with Gasteiger partial charge in [-0.1, -0.05) is 91.0 Å². The lowest BCUT2D eigenvalue weighted by Gasteiger charge is -2.19. The summed E-state index contributed by atoms with van der Waals surface area (Å²) in [6, 6.07) is 57.8. The van der Waals surface area contributed by atoms with Gasteiger partial charge in [-0.05, 0) is 77.4 Å². The van der Waals surface area contributed by atoms with Crippen LogP contribution in [0.3, 0.4) is 0 Å². The van der Waals surface area contributed by atoms with E-state index in [1.807, 2.05) is 84.9 Å². The van der Waals surface area contributed by atoms with Crippen LogP contribution in [0.15, 0.2) is 152 Å². The summed E-state index contributed by atoms with van der Waals surface area (Å²) in [5.41, 5.74) is 11.2. The molecule has 2 heterocycles. The monoisotopic (exact) mass is 635 g/mol. The van der Waals surface area contributed by atoms with Crippen molar-refractivity contribution in [1.29, 1.82) is 15.8 Å². The summed E-state index contributed by atoms with van der Waals surface area (Å²) in [5.74, 6) is 0. The molecule has 50 heavy (non-hydrogen) atoms. The second-order valence-corrected chi connectivity index (χ2v) is 12.3. The molecule has 0 bridgehead atoms. The zero-order valence-electron chi connectivity index (χ0n) is 26.7. The minimum Gasteiger partial charge on any atom is -0.309 e. The number of nitrogens with zero attached hydrogens (tertiary/aromatic N) is 5. The van der Waals surface area contributed by atoms with Gasteiger partial charge in [-0.2, -0.15) is 15.8 Å². The van der Waals surface area contributed by atoms with E-state index in [9.17, 15) is 15.8 Å². The Kier molecular flexibility index (Phi) is 6.56. The number of fused-ring (bicyclic) bond motifs is 6. The van der Waals surface area contributed by atoms with Crippen molar-refractivity contribution in [2.75, 3.05) is 0 Å². The summed E-state index contributed by atoms with van der Waals surface area (Å²) in [6.45, 7) is 0. The SMILES string of the molecule is N#Cc1ccc2c(c1)c1ccccc1n2-c1ccc(-c2ccccc2-c2c(C#N)cccc2-n2c3ccccc3c3cccc(C#N)c32)cc1. The third-order valence-electron chi connectivity index (χ3n) is 9.65. The topological polar surface area (TPSA) is 81.2 Å². The van der Waals surface area contributed by atoms with Gasteiger partial charge in [-0.15, -0.1) is 0 Å². The quantitative estimate of drug-likeness (QED) is 0.193. The molecule has 0 saturated carbocycles. The lowest BCUT2D eigenvalue weighted by molar-refractivity contribution is 1.17. The van der Waals surface area contributed by atoms with Gasteiger partial charge >= 0.3 is 0 Å². The van der Waals surface area contributed by atoms with Crippen molar-refractivity contribution < 1.29 is 0 Å². The zero-order valence-corrected chi connectivity index (χ0v) is 26.7. The lowest BCUT2D eigenvalue weighted by atomic mass is 9.90. The fourth-order valence-corrected chi connectivity index (χ4v) is 7.53. The van der Waals surface area contributed by atoms with Gasteiger partial charge in [-0.3, -0.25) is 0 Å². The van der Waals surface area contributed by atoms with Crippen LogP contribution in [-0.4, -0.2) is 9.13 Å². The summed E-state index contributed by atoms with van der Waals surface area (Å²) in [5, 5.41) is 34.5. The average Bonchev–Trinajstić information content (AvgIpc) is 3.70. The fraction of sp³-hybridized carbons (Fsp3) is 0. The Bertz CT molecular complexity index is 2960. The van der Waals surface area contributed by atoms with E-state index < -0.39 is 0 Å². The molecule has 9 aromatic rings. The smallest absolute Gasteiger partial charge is 0.101 e. The van der Waals surface area contributed by atoms with E-state index in [1.54, 1.807) is 0 Å². The van der Waals surface area contributed by atoms with Crippen LogP contribution in [0.1, 0.15) is 16.7 Å². The van der Waals surface area contributed by atoms with Crippen LogP contribution in [0.2, 0.25) is 0 Å². The van der Waals surface area contributed by atoms with Crippen LogP contribution in [0.4, 0.5) is 0 Å². The first-order valence-corrected chi connectivity index (χ1v) is 16.3. The lowest BCUT2D eigenvalue weighted by Crippen LogP contribution is -2.01. The van der Waals surface area contributed by atoms with E-state index in [4.69, 9.17) is 0 Å². The van der Waals surface area contributed by atoms with Crippen LogP contribution in [0.25, 0.3) is 77.2 Å². The molecule has 7 aromatic carbocycles. The van der Waals surface area contributed by atoms with Crippen molar-refractivity contribution >= 4 is 43.6 Å². The maximum atomic E-state index is 10.5. The van der Waals surface area contributed by atoms with Gasteiger partial charge in [0.05, 0.1) is 56.6 Å². The van der Waals surface area contributed by atoms with E-state index in [0.29, 0.717) is 16.7 Å². The van der Waals surface area contributed by atoms with Gasteiger partial charge in [0, 0.05) is 32.8 Å². The van der Waals surface area contributed by atoms with Gasteiger partial charge in [0.2, 0.25) is 0 Å². The van der Waals surface area contributed by atoms with Crippen LogP contribution in [0.5, 0.6) is 0 Å². The zero-order chi connectivity index (χ0) is 33.8. The molecule has 5 nitrogen and oxygen atoms in total. The molecule has 0 fully saturated rings. The number of nitriles is 3. The molecule has 2 aromatic heterocycles. The molecular weight excluding hydrogens is 611 g/mol. The number of rotatable bonds is 4. The first-order valence-electron chi connectivity index (χ1n) is 16.3. The number of benzene rings is 7. The molecule has 0 N–H and O–H groups in total. The minimum absolute atomic E-state index is 0.550. The van der Waals surface area contributed by atoms with Gasteiger partial charge in [0.25, 0.3) is 0 Å². The first kappa shape index (κ1) is 28.8. The maximum Gasteiger partial charge on any atom is 0.101 e. The summed E-state index contributed by atoms with van der Waals surface area (Å²) in [7, 11) is 0. The highest BCUT2D eigenvalue weighted by Crippen LogP contribution is 2.42. The Balaban J connectivity index is 1.25. The highest BCUT2D eigenvalue weighted by Gasteiger charge is 2.22. The highest BCUT2D eigenvalue weighted by molar-refractivity contribution is 6.12. The summed E-state index contributed by atoms with van der Waals surface area (Å²) < 4.78 is 4.37. The Labute approximate surface area is 287 Å². The number of hydrogen-bond acceptors (Lipinski definition) is 3. The van der Waals surface area contributed by atoms with Gasteiger partial charge in [-0.25, -0.2) is 0 Å². The molecule has 0 aliphatic heterocycles. The normalized spacial score (nSPS) is 11.1. The summed E-state index contributed by atoms with van der Waals surface area (Å²) in [6.07, 6.45) is 0. The molecule has 0 amide bonds. The van der Waals surface area contributed by atoms with Crippen molar-refractivity contribution in [1.82, 2.24) is 9.13 Å². The van der Waals surface area contributed by atoms with Crippen molar-refractivity contribution in [2.45, 2.75) is 0 Å². The predicted molar refractivity (Wildman–Crippen MR) is 200 cm³/mol. The fourth-order valence-electron chi connectivity index (χ4n) is 7.53. The third-order valence-corrected chi connectivity index (χ3v) is 9.65. The van der Waals surface area contributed by atoms with E-state index in [2.05, 4.69) is 94.1 Å². The second-order valence-electron chi connectivity index (χ2n) is 12.3. The van der Waals surface area contributed by atoms with E-state index in [0.717, 1.165) is 77.2 Å². The van der Waals surface area contributed by atoms with Crippen LogP contribution in [-0.2, 0) is 0 Å². The summed E-state index contributed by atoms with van der Waals surface area (Å²) in [4.78, 5) is 0. The molecule has 0 unspecified atom stereocenters. The largest absolute Gasteiger partial charge is 0.309 e. The second kappa shape index (κ2) is 11.4. The van der Waals surface area contributed by atoms with Crippen molar-refractivity contribution in [3.8, 4) is 51.8 Å². The number of aromatic nitrogens is 2. The van der Waals surface area contributed by atoms with Crippen LogP contribution >= 0.6 is 0 Å². The third kappa shape index (κ3) is 4.24. The predicted octanol–water partition coefficient (Wildman–Crippen LogP) is 10.8. The Morgan fingerprint density at radius 2 is 1.02 bits per heavy atom. The Hall–Kier alpha value is -7.39. The Morgan fingerprint density at radius 1 is 0.420 bits per heavy atom. The molecule has 230 valence electrons. The molecule has 0 atom stereocenters. The molecule has 9 rings (SSSR count). The van der Waals surface area contributed by atoms with E-state index in [1.165, 1.54) is 0 Å². The molecule has 0 saturated heterocycles. The number of para-hydroxylation sites is 3. The van der Waals surface area contributed by atoms with E-state index in [-0.39, 0.29) is 0 Å². The molecule has 0 aliphatic rings. The molecule has 5 heteroatoms. The van der Waals surface area contributed by atoms with Crippen molar-refractivity contribution in [2.24, 2.45) is 0 Å². The molecule has 0 radical (unpaired) electrons. The van der Waals surface area contributed by atoms with Crippen LogP contribution in [0, 0.1) is 34.0 Å². The molecular formula is C45H25N5. The number of hydrogen-bond donors (Lipinski definition) is 0. The first-order chi connectivity index (χ1) is 24.7. The Morgan fingerprint density at radius 3 is 1.76 bits per heavy atom. The average molecular weight is 636 g/mol. The van der Waals surface area contributed by atoms with Crippen molar-refractivity contribution in [3.05, 3.63) is 168 Å². The van der Waals surface area contributed by atoms with Crippen molar-refractivity contribution in [3.63, 3.8) is 0 Å². The minimum atomic E-state index is 0.550. The standard InChI is InChI=1S/C45H25N5/c46-26-29-19-24-42-39(25-29)36-13-4-5-16-40(36)49(42)33-22-20-30(21-23-33)34-11-1-2-14-37(34)44-31(27-47)9-8-18-43(44)50-41-17-6-3-12-35(41)38-15-7-10-32(28-48)45(38)50/h1-25H. The summed E-state index contributed by atoms with van der Waals surface area (Å²) >= 11 is 0. The highest BCUT2D eigenvalue weighted by atomic mass is 15.0. The van der Waals surface area contributed by atoms with Crippen LogP contribution < -0.4 is 0 Å². The van der Waals surface area contributed by atoms with E-state index >= 15 is 0 Å². The van der Waals surface area contributed by atoms with Gasteiger partial charge < -0.3 is 9.13 Å². The molecule has 0 aliphatic carbocycles. The van der Waals surface area contributed by atoms with Gasteiger partial charge in [0.1, 0.15) is 6.07 Å². The maximum absolute atomic E-state index is 10.5.